The SMILES string of the molecule is CC(C)CNc1nc(NCc2cccc(C(F)(F)F)c2)c(C(=O)O)c(-c2ccco2)n1. The molecule has 3 aromatic rings. The van der Waals surface area contributed by atoms with Crippen LogP contribution in [0, 0.1) is 5.92 Å². The molecule has 0 atom stereocenters. The van der Waals surface area contributed by atoms with Gasteiger partial charge in [0.2, 0.25) is 5.95 Å². The lowest BCUT2D eigenvalue weighted by Gasteiger charge is -2.15. The number of nitrogens with one attached hydrogen (secondary N) is 2. The van der Waals surface area contributed by atoms with Crippen LogP contribution in [0.4, 0.5) is 24.9 Å². The molecule has 0 bridgehead atoms. The van der Waals surface area contributed by atoms with Crippen LogP contribution in [-0.2, 0) is 12.7 Å². The molecular weight excluding hydrogens is 413 g/mol. The highest BCUT2D eigenvalue weighted by atomic mass is 19.4. The quantitative estimate of drug-likeness (QED) is 0.452. The summed E-state index contributed by atoms with van der Waals surface area (Å²) in [5.74, 6) is -0.645. The van der Waals surface area contributed by atoms with Crippen molar-refractivity contribution in [1.82, 2.24) is 9.97 Å². The number of hydrogen-bond donors (Lipinski definition) is 3. The predicted octanol–water partition coefficient (Wildman–Crippen LogP) is 5.13. The molecule has 2 aromatic heterocycles. The summed E-state index contributed by atoms with van der Waals surface area (Å²) in [6, 6.07) is 7.94. The normalized spacial score (nSPS) is 11.5. The molecule has 1 aromatic carbocycles. The number of alkyl halides is 3. The second-order valence-electron chi connectivity index (χ2n) is 7.23. The second kappa shape index (κ2) is 9.07. The van der Waals surface area contributed by atoms with Gasteiger partial charge in [-0.25, -0.2) is 9.78 Å². The summed E-state index contributed by atoms with van der Waals surface area (Å²) in [5.41, 5.74) is -0.646. The summed E-state index contributed by atoms with van der Waals surface area (Å²) < 4.78 is 44.3. The molecule has 2 heterocycles. The van der Waals surface area contributed by atoms with Gasteiger partial charge >= 0.3 is 12.1 Å². The van der Waals surface area contributed by atoms with Crippen molar-refractivity contribution in [3.63, 3.8) is 0 Å². The van der Waals surface area contributed by atoms with Crippen LogP contribution in [0.1, 0.15) is 35.3 Å². The van der Waals surface area contributed by atoms with Crippen LogP contribution in [0.15, 0.2) is 47.1 Å². The van der Waals surface area contributed by atoms with Gasteiger partial charge in [0, 0.05) is 13.1 Å². The molecule has 3 rings (SSSR count). The first kappa shape index (κ1) is 22.1. The highest BCUT2D eigenvalue weighted by Gasteiger charge is 2.30. The molecule has 0 amide bonds. The zero-order valence-corrected chi connectivity index (χ0v) is 16.8. The van der Waals surface area contributed by atoms with Crippen LogP contribution in [0.25, 0.3) is 11.5 Å². The Labute approximate surface area is 176 Å². The molecule has 10 heteroatoms. The van der Waals surface area contributed by atoms with Crippen LogP contribution < -0.4 is 10.6 Å². The Hall–Kier alpha value is -3.56. The van der Waals surface area contributed by atoms with E-state index in [-0.39, 0.29) is 41.2 Å². The number of rotatable bonds is 8. The number of hydrogen-bond acceptors (Lipinski definition) is 6. The van der Waals surface area contributed by atoms with Gasteiger partial charge < -0.3 is 20.2 Å². The van der Waals surface area contributed by atoms with E-state index >= 15 is 0 Å². The first-order valence-electron chi connectivity index (χ1n) is 9.48. The number of aromatic carboxylic acids is 1. The van der Waals surface area contributed by atoms with E-state index in [2.05, 4.69) is 20.6 Å². The van der Waals surface area contributed by atoms with Crippen molar-refractivity contribution in [2.24, 2.45) is 5.92 Å². The zero-order chi connectivity index (χ0) is 22.6. The summed E-state index contributed by atoms with van der Waals surface area (Å²) >= 11 is 0. The smallest absolute Gasteiger partial charge is 0.416 e. The summed E-state index contributed by atoms with van der Waals surface area (Å²) in [6.45, 7) is 4.44. The number of benzene rings is 1. The molecule has 0 aliphatic heterocycles. The van der Waals surface area contributed by atoms with E-state index in [0.29, 0.717) is 12.1 Å². The van der Waals surface area contributed by atoms with Gasteiger partial charge in [-0.1, -0.05) is 26.0 Å². The fraction of sp³-hybridized carbons (Fsp3) is 0.286. The topological polar surface area (TPSA) is 100 Å². The minimum atomic E-state index is -4.47. The number of carboxylic acids is 1. The first-order valence-corrected chi connectivity index (χ1v) is 9.48. The molecule has 0 aliphatic rings. The van der Waals surface area contributed by atoms with E-state index < -0.39 is 17.7 Å². The largest absolute Gasteiger partial charge is 0.477 e. The Morgan fingerprint density at radius 2 is 1.94 bits per heavy atom. The number of aromatic nitrogens is 2. The van der Waals surface area contributed by atoms with Crippen LogP contribution >= 0.6 is 0 Å². The predicted molar refractivity (Wildman–Crippen MR) is 109 cm³/mol. The van der Waals surface area contributed by atoms with Crippen molar-refractivity contribution < 1.29 is 27.5 Å². The monoisotopic (exact) mass is 434 g/mol. The van der Waals surface area contributed by atoms with Gasteiger partial charge in [0.1, 0.15) is 17.1 Å². The first-order chi connectivity index (χ1) is 14.6. The molecule has 0 aliphatic carbocycles. The van der Waals surface area contributed by atoms with Crippen LogP contribution in [0.5, 0.6) is 0 Å². The number of nitrogens with zero attached hydrogens (tertiary/aromatic N) is 2. The Bertz CT molecular complexity index is 1050. The average molecular weight is 434 g/mol. The fourth-order valence-corrected chi connectivity index (χ4v) is 2.80. The van der Waals surface area contributed by atoms with Crippen molar-refractivity contribution in [1.29, 1.82) is 0 Å². The summed E-state index contributed by atoms with van der Waals surface area (Å²) in [6.07, 6.45) is -3.09. The Balaban J connectivity index is 1.98. The summed E-state index contributed by atoms with van der Waals surface area (Å²) in [5, 5.41) is 15.6. The van der Waals surface area contributed by atoms with E-state index in [1.165, 1.54) is 18.4 Å². The number of furan rings is 1. The molecule has 31 heavy (non-hydrogen) atoms. The van der Waals surface area contributed by atoms with E-state index in [1.807, 2.05) is 13.8 Å². The molecule has 164 valence electrons. The summed E-state index contributed by atoms with van der Waals surface area (Å²) in [7, 11) is 0. The van der Waals surface area contributed by atoms with E-state index in [0.717, 1.165) is 12.1 Å². The minimum Gasteiger partial charge on any atom is -0.477 e. The van der Waals surface area contributed by atoms with Crippen LogP contribution in [0.3, 0.4) is 0 Å². The van der Waals surface area contributed by atoms with Gasteiger partial charge in [0.25, 0.3) is 0 Å². The van der Waals surface area contributed by atoms with Crippen LogP contribution in [-0.4, -0.2) is 27.6 Å². The molecule has 0 fully saturated rings. The molecule has 0 spiro atoms. The molecule has 0 radical (unpaired) electrons. The lowest BCUT2D eigenvalue weighted by Crippen LogP contribution is -2.16. The maximum absolute atomic E-state index is 13.0. The van der Waals surface area contributed by atoms with E-state index in [9.17, 15) is 23.1 Å². The highest BCUT2D eigenvalue weighted by Crippen LogP contribution is 2.31. The molecule has 0 saturated carbocycles. The highest BCUT2D eigenvalue weighted by molar-refractivity contribution is 5.99. The molecular formula is C21H21F3N4O3. The second-order valence-corrected chi connectivity index (χ2v) is 7.23. The van der Waals surface area contributed by atoms with Crippen molar-refractivity contribution in [3.05, 3.63) is 59.4 Å². The van der Waals surface area contributed by atoms with Gasteiger partial charge in [-0.3, -0.25) is 0 Å². The molecule has 7 nitrogen and oxygen atoms in total. The van der Waals surface area contributed by atoms with E-state index in [1.54, 1.807) is 12.1 Å². The van der Waals surface area contributed by atoms with Crippen LogP contribution in [0.2, 0.25) is 0 Å². The number of anilines is 2. The van der Waals surface area contributed by atoms with Crippen molar-refractivity contribution in [3.8, 4) is 11.5 Å². The maximum atomic E-state index is 13.0. The Kier molecular flexibility index (Phi) is 6.47. The van der Waals surface area contributed by atoms with Gasteiger partial charge in [-0.05, 0) is 35.7 Å². The number of carboxylic acid groups (broad SMARTS) is 1. The minimum absolute atomic E-state index is 0.0300. The van der Waals surface area contributed by atoms with Crippen molar-refractivity contribution >= 4 is 17.7 Å². The van der Waals surface area contributed by atoms with E-state index in [4.69, 9.17) is 4.42 Å². The van der Waals surface area contributed by atoms with Crippen molar-refractivity contribution in [2.75, 3.05) is 17.2 Å². The summed E-state index contributed by atoms with van der Waals surface area (Å²) in [4.78, 5) is 20.5. The third kappa shape index (κ3) is 5.53. The van der Waals surface area contributed by atoms with Gasteiger partial charge in [-0.2, -0.15) is 18.2 Å². The van der Waals surface area contributed by atoms with Gasteiger partial charge in [0.15, 0.2) is 5.76 Å². The number of carbonyl (C=O) groups is 1. The molecule has 3 N–H and O–H groups in total. The fourth-order valence-electron chi connectivity index (χ4n) is 2.80. The molecule has 0 unspecified atom stereocenters. The molecule has 0 saturated heterocycles. The maximum Gasteiger partial charge on any atom is 0.416 e. The van der Waals surface area contributed by atoms with Crippen molar-refractivity contribution in [2.45, 2.75) is 26.6 Å². The lowest BCUT2D eigenvalue weighted by atomic mass is 10.1. The average Bonchev–Trinajstić information content (AvgIpc) is 3.24. The lowest BCUT2D eigenvalue weighted by molar-refractivity contribution is -0.137. The Morgan fingerprint density at radius 3 is 2.55 bits per heavy atom. The number of halogens is 3. The third-order valence-corrected chi connectivity index (χ3v) is 4.26. The Morgan fingerprint density at radius 1 is 1.16 bits per heavy atom. The third-order valence-electron chi connectivity index (χ3n) is 4.26. The zero-order valence-electron chi connectivity index (χ0n) is 16.8. The van der Waals surface area contributed by atoms with Gasteiger partial charge in [0.05, 0.1) is 11.8 Å². The standard InChI is InChI=1S/C21H21F3N4O3/c1-12(2)10-26-20-27-17(15-7-4-8-31-15)16(19(29)30)18(28-20)25-11-13-5-3-6-14(9-13)21(22,23)24/h3-9,12H,10-11H2,1-2H3,(H,29,30)(H2,25,26,27,28). The van der Waals surface area contributed by atoms with Gasteiger partial charge in [-0.15, -0.1) is 0 Å².